The summed E-state index contributed by atoms with van der Waals surface area (Å²) in [7, 11) is 0. The Hall–Kier alpha value is -1.95. The van der Waals surface area contributed by atoms with Gasteiger partial charge in [0.05, 0.1) is 11.8 Å². The maximum atomic E-state index is 12.2. The minimum Gasteiger partial charge on any atom is -0.356 e. The van der Waals surface area contributed by atoms with Gasteiger partial charge in [0.2, 0.25) is 0 Å². The van der Waals surface area contributed by atoms with Crippen molar-refractivity contribution in [2.24, 2.45) is 5.41 Å². The fourth-order valence-corrected chi connectivity index (χ4v) is 5.35. The molecule has 1 fully saturated rings. The molecule has 0 radical (unpaired) electrons. The molecule has 0 saturated carbocycles. The largest absolute Gasteiger partial charge is 0.356 e. The second-order valence-electron chi connectivity index (χ2n) is 7.80. The summed E-state index contributed by atoms with van der Waals surface area (Å²) < 4.78 is 0.700. The second-order valence-corrected chi connectivity index (χ2v) is 8.80. The second kappa shape index (κ2) is 4.79. The van der Waals surface area contributed by atoms with Crippen molar-refractivity contribution in [1.82, 2.24) is 15.0 Å². The SMILES string of the molecule is CC1(C)Cc2c(N3CCCC3)nc3sc4c(=O)[nH]cnc4c3c2C1. The minimum absolute atomic E-state index is 0.0586. The summed E-state index contributed by atoms with van der Waals surface area (Å²) in [5.74, 6) is 1.16. The number of rotatable bonds is 1. The van der Waals surface area contributed by atoms with Gasteiger partial charge in [-0.15, -0.1) is 11.3 Å². The number of pyridine rings is 1. The number of H-pyrrole nitrogens is 1. The minimum atomic E-state index is -0.0586. The van der Waals surface area contributed by atoms with E-state index < -0.39 is 0 Å². The molecule has 1 saturated heterocycles. The summed E-state index contributed by atoms with van der Waals surface area (Å²) in [6.45, 7) is 6.83. The average Bonchev–Trinajstić information content (AvgIpc) is 3.21. The third-order valence-electron chi connectivity index (χ3n) is 5.32. The molecule has 0 unspecified atom stereocenters. The van der Waals surface area contributed by atoms with Crippen molar-refractivity contribution in [3.63, 3.8) is 0 Å². The molecular formula is C18H20N4OS. The van der Waals surface area contributed by atoms with Gasteiger partial charge >= 0.3 is 0 Å². The van der Waals surface area contributed by atoms with E-state index in [1.165, 1.54) is 41.6 Å². The van der Waals surface area contributed by atoms with Crippen molar-refractivity contribution in [3.8, 4) is 0 Å². The fourth-order valence-electron chi connectivity index (χ4n) is 4.30. The van der Waals surface area contributed by atoms with Crippen LogP contribution < -0.4 is 10.5 Å². The van der Waals surface area contributed by atoms with Crippen LogP contribution in [0.5, 0.6) is 0 Å². The Morgan fingerprint density at radius 1 is 1.21 bits per heavy atom. The molecule has 24 heavy (non-hydrogen) atoms. The van der Waals surface area contributed by atoms with Crippen LogP contribution in [0.4, 0.5) is 5.82 Å². The summed E-state index contributed by atoms with van der Waals surface area (Å²) in [6, 6.07) is 0. The van der Waals surface area contributed by atoms with E-state index in [1.807, 2.05) is 0 Å². The number of fused-ring (bicyclic) bond motifs is 5. The van der Waals surface area contributed by atoms with Crippen molar-refractivity contribution in [2.45, 2.75) is 39.5 Å². The molecule has 124 valence electrons. The maximum absolute atomic E-state index is 12.2. The van der Waals surface area contributed by atoms with E-state index in [0.717, 1.165) is 47.5 Å². The summed E-state index contributed by atoms with van der Waals surface area (Å²) in [4.78, 5) is 27.8. The molecule has 3 aromatic rings. The molecular weight excluding hydrogens is 320 g/mol. The molecule has 0 bridgehead atoms. The molecule has 1 N–H and O–H groups in total. The third kappa shape index (κ3) is 1.95. The molecule has 0 atom stereocenters. The molecule has 3 aromatic heterocycles. The van der Waals surface area contributed by atoms with Crippen LogP contribution in [0.1, 0.15) is 37.8 Å². The molecule has 6 heteroatoms. The first-order valence-corrected chi connectivity index (χ1v) is 9.42. The van der Waals surface area contributed by atoms with Crippen LogP contribution in [-0.2, 0) is 12.8 Å². The molecule has 5 rings (SSSR count). The first kappa shape index (κ1) is 14.4. The highest BCUT2D eigenvalue weighted by atomic mass is 32.1. The first-order valence-electron chi connectivity index (χ1n) is 8.60. The van der Waals surface area contributed by atoms with Crippen LogP contribution >= 0.6 is 11.3 Å². The molecule has 5 nitrogen and oxygen atoms in total. The Balaban J connectivity index is 1.88. The van der Waals surface area contributed by atoms with Gasteiger partial charge in [-0.1, -0.05) is 13.8 Å². The van der Waals surface area contributed by atoms with Gasteiger partial charge in [0.25, 0.3) is 5.56 Å². The quantitative estimate of drug-likeness (QED) is 0.738. The van der Waals surface area contributed by atoms with Gasteiger partial charge in [0, 0.05) is 18.5 Å². The van der Waals surface area contributed by atoms with Gasteiger partial charge < -0.3 is 9.88 Å². The van der Waals surface area contributed by atoms with Gasteiger partial charge in [-0.2, -0.15) is 0 Å². The number of nitrogens with one attached hydrogen (secondary N) is 1. The number of anilines is 1. The summed E-state index contributed by atoms with van der Waals surface area (Å²) >= 11 is 1.48. The molecule has 0 spiro atoms. The van der Waals surface area contributed by atoms with Crippen LogP contribution in [-0.4, -0.2) is 28.0 Å². The predicted octanol–water partition coefficient (Wildman–Crippen LogP) is 3.26. The maximum Gasteiger partial charge on any atom is 0.268 e. The van der Waals surface area contributed by atoms with Gasteiger partial charge in [-0.05, 0) is 42.2 Å². The van der Waals surface area contributed by atoms with E-state index in [-0.39, 0.29) is 11.0 Å². The average molecular weight is 340 g/mol. The smallest absolute Gasteiger partial charge is 0.268 e. The summed E-state index contributed by atoms with van der Waals surface area (Å²) in [5, 5.41) is 1.12. The lowest BCUT2D eigenvalue weighted by Crippen LogP contribution is -2.21. The zero-order valence-electron chi connectivity index (χ0n) is 14.0. The molecule has 1 aliphatic heterocycles. The third-order valence-corrected chi connectivity index (χ3v) is 6.39. The van der Waals surface area contributed by atoms with Gasteiger partial charge in [0.15, 0.2) is 0 Å². The lowest BCUT2D eigenvalue weighted by molar-refractivity contribution is 0.393. The van der Waals surface area contributed by atoms with Crippen molar-refractivity contribution < 1.29 is 0 Å². The van der Waals surface area contributed by atoms with Crippen LogP contribution in [0.25, 0.3) is 20.4 Å². The number of nitrogens with zero attached hydrogens (tertiary/aromatic N) is 3. The number of thiophene rings is 1. The van der Waals surface area contributed by atoms with Crippen LogP contribution in [0.15, 0.2) is 11.1 Å². The van der Waals surface area contributed by atoms with Gasteiger partial charge in [-0.25, -0.2) is 9.97 Å². The normalized spacial score (nSPS) is 19.5. The van der Waals surface area contributed by atoms with Gasteiger partial charge in [-0.3, -0.25) is 4.79 Å². The molecule has 4 heterocycles. The molecule has 0 amide bonds. The number of hydrogen-bond donors (Lipinski definition) is 1. The van der Waals surface area contributed by atoms with Crippen molar-refractivity contribution >= 4 is 37.6 Å². The van der Waals surface area contributed by atoms with Crippen molar-refractivity contribution in [2.75, 3.05) is 18.0 Å². The Kier molecular flexibility index (Phi) is 2.87. The Labute approximate surface area is 143 Å². The standard InChI is InChI=1S/C18H20N4OS/c1-18(2)7-10-11(8-18)15(22-5-3-4-6-22)21-17-12(10)13-14(24-17)16(23)20-9-19-13/h9H,3-8H2,1-2H3,(H,19,20,23). The molecule has 2 aliphatic rings. The number of aromatic amines is 1. The summed E-state index contributed by atoms with van der Waals surface area (Å²) in [5.41, 5.74) is 3.76. The van der Waals surface area contributed by atoms with E-state index in [2.05, 4.69) is 28.7 Å². The first-order chi connectivity index (χ1) is 11.5. The van der Waals surface area contributed by atoms with E-state index in [1.54, 1.807) is 0 Å². The van der Waals surface area contributed by atoms with Crippen LogP contribution in [0, 0.1) is 5.41 Å². The van der Waals surface area contributed by atoms with E-state index in [4.69, 9.17) is 4.98 Å². The lowest BCUT2D eigenvalue weighted by Gasteiger charge is -2.21. The Morgan fingerprint density at radius 3 is 2.75 bits per heavy atom. The van der Waals surface area contributed by atoms with Crippen molar-refractivity contribution in [1.29, 1.82) is 0 Å². The Bertz CT molecular complexity index is 1030. The molecule has 1 aliphatic carbocycles. The zero-order valence-corrected chi connectivity index (χ0v) is 14.8. The zero-order chi connectivity index (χ0) is 16.5. The highest BCUT2D eigenvalue weighted by Crippen LogP contribution is 2.46. The van der Waals surface area contributed by atoms with E-state index in [0.29, 0.717) is 4.70 Å². The van der Waals surface area contributed by atoms with Gasteiger partial charge in [0.1, 0.15) is 15.3 Å². The Morgan fingerprint density at radius 2 is 1.96 bits per heavy atom. The lowest BCUT2D eigenvalue weighted by atomic mass is 9.90. The van der Waals surface area contributed by atoms with Crippen molar-refractivity contribution in [3.05, 3.63) is 27.8 Å². The number of hydrogen-bond acceptors (Lipinski definition) is 5. The fraction of sp³-hybridized carbons (Fsp3) is 0.500. The van der Waals surface area contributed by atoms with Crippen LogP contribution in [0.3, 0.4) is 0 Å². The number of aromatic nitrogens is 3. The summed E-state index contributed by atoms with van der Waals surface area (Å²) in [6.07, 6.45) is 6.08. The topological polar surface area (TPSA) is 61.9 Å². The highest BCUT2D eigenvalue weighted by Gasteiger charge is 2.35. The van der Waals surface area contributed by atoms with Crippen LogP contribution in [0.2, 0.25) is 0 Å². The van der Waals surface area contributed by atoms with E-state index >= 15 is 0 Å². The predicted molar refractivity (Wildman–Crippen MR) is 98.2 cm³/mol. The van der Waals surface area contributed by atoms with E-state index in [9.17, 15) is 4.79 Å². The monoisotopic (exact) mass is 340 g/mol. The highest BCUT2D eigenvalue weighted by molar-refractivity contribution is 7.25. The molecule has 0 aromatic carbocycles.